The molecule has 0 aliphatic heterocycles. The third-order valence-corrected chi connectivity index (χ3v) is 4.95. The number of aromatic amines is 1. The Hall–Kier alpha value is -2.87. The van der Waals surface area contributed by atoms with Crippen molar-refractivity contribution in [2.24, 2.45) is 0 Å². The second kappa shape index (κ2) is 8.22. The Morgan fingerprint density at radius 2 is 2.11 bits per heavy atom. The lowest BCUT2D eigenvalue weighted by Crippen LogP contribution is -2.29. The quantitative estimate of drug-likeness (QED) is 0.473. The van der Waals surface area contributed by atoms with Crippen molar-refractivity contribution in [2.45, 2.75) is 19.4 Å². The average molecular weight is 384 g/mol. The molecular weight excluding hydrogens is 364 g/mol. The van der Waals surface area contributed by atoms with E-state index in [-0.39, 0.29) is 17.6 Å². The number of fused-ring (bicyclic) bond motifs is 1. The number of imidazole rings is 1. The molecule has 3 aromatic rings. The van der Waals surface area contributed by atoms with Gasteiger partial charge in [0.1, 0.15) is 5.82 Å². The number of aryl methyl sites for hydroxylation is 1. The Balaban J connectivity index is 1.84. The lowest BCUT2D eigenvalue weighted by atomic mass is 10.1. The van der Waals surface area contributed by atoms with Gasteiger partial charge in [0.25, 0.3) is 11.6 Å². The molecule has 1 atom stereocenters. The monoisotopic (exact) mass is 384 g/mol. The predicted octanol–water partition coefficient (Wildman–Crippen LogP) is 4.00. The summed E-state index contributed by atoms with van der Waals surface area (Å²) >= 11 is 1.69. The maximum Gasteiger partial charge on any atom is 0.272 e. The first-order valence-electron chi connectivity index (χ1n) is 8.49. The molecule has 2 aromatic carbocycles. The minimum absolute atomic E-state index is 0.00256. The first-order chi connectivity index (χ1) is 13.0. The normalized spacial score (nSPS) is 12.1. The van der Waals surface area contributed by atoms with Gasteiger partial charge in [-0.2, -0.15) is 11.8 Å². The van der Waals surface area contributed by atoms with Crippen molar-refractivity contribution in [3.8, 4) is 0 Å². The number of rotatable bonds is 7. The van der Waals surface area contributed by atoms with Crippen LogP contribution in [0.4, 0.5) is 5.69 Å². The number of H-pyrrole nitrogens is 1. The number of amides is 1. The molecule has 8 heteroatoms. The average Bonchev–Trinajstić information content (AvgIpc) is 3.08. The topological polar surface area (TPSA) is 101 Å². The third-order valence-electron chi connectivity index (χ3n) is 4.31. The number of para-hydroxylation sites is 2. The second-order valence-electron chi connectivity index (χ2n) is 6.21. The Morgan fingerprint density at radius 3 is 2.78 bits per heavy atom. The van der Waals surface area contributed by atoms with Crippen LogP contribution in [0.1, 0.15) is 34.2 Å². The zero-order valence-electron chi connectivity index (χ0n) is 15.1. The van der Waals surface area contributed by atoms with Crippen molar-refractivity contribution in [1.82, 2.24) is 15.3 Å². The van der Waals surface area contributed by atoms with E-state index in [0.29, 0.717) is 17.0 Å². The molecule has 0 radical (unpaired) electrons. The summed E-state index contributed by atoms with van der Waals surface area (Å²) in [4.78, 5) is 31.1. The number of benzene rings is 2. The molecule has 27 heavy (non-hydrogen) atoms. The van der Waals surface area contributed by atoms with Crippen LogP contribution in [-0.2, 0) is 0 Å². The number of hydrogen-bond acceptors (Lipinski definition) is 5. The summed E-state index contributed by atoms with van der Waals surface area (Å²) in [6.07, 6.45) is 2.73. The number of thioether (sulfide) groups is 1. The largest absolute Gasteiger partial charge is 0.342 e. The van der Waals surface area contributed by atoms with Crippen LogP contribution in [0.2, 0.25) is 0 Å². The maximum atomic E-state index is 12.7. The van der Waals surface area contributed by atoms with E-state index in [1.54, 1.807) is 18.7 Å². The molecule has 3 rings (SSSR count). The number of carbonyl (C=O) groups excluding carboxylic acids is 1. The highest BCUT2D eigenvalue weighted by atomic mass is 32.2. The number of carbonyl (C=O) groups is 1. The zero-order valence-corrected chi connectivity index (χ0v) is 15.9. The molecule has 0 aliphatic rings. The van der Waals surface area contributed by atoms with E-state index in [2.05, 4.69) is 15.3 Å². The molecule has 0 saturated heterocycles. The SMILES string of the molecule is CSCC[C@H](NC(=O)c1ccc([N+](=O)[O-])c(C)c1)c1nc2ccccc2[nH]1. The Labute approximate surface area is 160 Å². The van der Waals surface area contributed by atoms with Gasteiger partial charge in [0, 0.05) is 17.2 Å². The molecule has 0 bridgehead atoms. The minimum Gasteiger partial charge on any atom is -0.342 e. The molecule has 2 N–H and O–H groups in total. The molecular formula is C19H20N4O3S. The number of nitro groups is 1. The Bertz CT molecular complexity index is 953. The van der Waals surface area contributed by atoms with E-state index in [0.717, 1.165) is 23.2 Å². The van der Waals surface area contributed by atoms with Gasteiger partial charge in [-0.15, -0.1) is 0 Å². The van der Waals surface area contributed by atoms with E-state index in [1.165, 1.54) is 18.2 Å². The standard InChI is InChI=1S/C19H20N4O3S/c1-12-11-13(7-8-17(12)23(25)26)19(24)22-16(9-10-27-2)18-20-14-5-3-4-6-15(14)21-18/h3-8,11,16H,9-10H2,1-2H3,(H,20,21)(H,22,24)/t16-/m0/s1. The first kappa shape index (κ1) is 18.9. The van der Waals surface area contributed by atoms with Crippen LogP contribution in [0, 0.1) is 17.0 Å². The number of nitrogens with zero attached hydrogens (tertiary/aromatic N) is 2. The van der Waals surface area contributed by atoms with Gasteiger partial charge in [0.05, 0.1) is 22.0 Å². The van der Waals surface area contributed by atoms with Crippen LogP contribution in [0.25, 0.3) is 11.0 Å². The fourth-order valence-electron chi connectivity index (χ4n) is 2.89. The fraction of sp³-hybridized carbons (Fsp3) is 0.263. The van der Waals surface area contributed by atoms with Crippen molar-refractivity contribution < 1.29 is 9.72 Å². The summed E-state index contributed by atoms with van der Waals surface area (Å²) in [6, 6.07) is 11.8. The van der Waals surface area contributed by atoms with Gasteiger partial charge in [-0.1, -0.05) is 12.1 Å². The molecule has 7 nitrogen and oxygen atoms in total. The molecule has 0 spiro atoms. The third kappa shape index (κ3) is 4.28. The highest BCUT2D eigenvalue weighted by molar-refractivity contribution is 7.98. The summed E-state index contributed by atoms with van der Waals surface area (Å²) < 4.78 is 0. The van der Waals surface area contributed by atoms with Crippen molar-refractivity contribution in [3.63, 3.8) is 0 Å². The van der Waals surface area contributed by atoms with Gasteiger partial charge >= 0.3 is 0 Å². The maximum absolute atomic E-state index is 12.7. The van der Waals surface area contributed by atoms with Crippen LogP contribution in [0.5, 0.6) is 0 Å². The molecule has 140 valence electrons. The van der Waals surface area contributed by atoms with Crippen molar-refractivity contribution in [1.29, 1.82) is 0 Å². The summed E-state index contributed by atoms with van der Waals surface area (Å²) in [6.45, 7) is 1.62. The predicted molar refractivity (Wildman–Crippen MR) is 107 cm³/mol. The van der Waals surface area contributed by atoms with Crippen molar-refractivity contribution >= 4 is 34.4 Å². The lowest BCUT2D eigenvalue weighted by molar-refractivity contribution is -0.385. The van der Waals surface area contributed by atoms with Crippen LogP contribution in [-0.4, -0.2) is 32.8 Å². The fourth-order valence-corrected chi connectivity index (χ4v) is 3.37. The van der Waals surface area contributed by atoms with Gasteiger partial charge in [0.15, 0.2) is 0 Å². The van der Waals surface area contributed by atoms with E-state index < -0.39 is 4.92 Å². The summed E-state index contributed by atoms with van der Waals surface area (Å²) in [5.41, 5.74) is 2.62. The molecule has 1 aromatic heterocycles. The van der Waals surface area contributed by atoms with Crippen LogP contribution < -0.4 is 5.32 Å². The van der Waals surface area contributed by atoms with Gasteiger partial charge in [-0.05, 0) is 49.6 Å². The van der Waals surface area contributed by atoms with Crippen LogP contribution in [0.15, 0.2) is 42.5 Å². The summed E-state index contributed by atoms with van der Waals surface area (Å²) in [7, 11) is 0. The van der Waals surface area contributed by atoms with Crippen LogP contribution >= 0.6 is 11.8 Å². The van der Waals surface area contributed by atoms with Gasteiger partial charge in [-0.3, -0.25) is 14.9 Å². The number of hydrogen-bond donors (Lipinski definition) is 2. The second-order valence-corrected chi connectivity index (χ2v) is 7.19. The molecule has 0 unspecified atom stereocenters. The van der Waals surface area contributed by atoms with E-state index in [4.69, 9.17) is 0 Å². The minimum atomic E-state index is -0.452. The number of aromatic nitrogens is 2. The molecule has 0 saturated carbocycles. The zero-order chi connectivity index (χ0) is 19.4. The van der Waals surface area contributed by atoms with E-state index >= 15 is 0 Å². The molecule has 0 aliphatic carbocycles. The van der Waals surface area contributed by atoms with Crippen molar-refractivity contribution in [3.05, 3.63) is 69.5 Å². The molecule has 1 amide bonds. The summed E-state index contributed by atoms with van der Waals surface area (Å²) in [5.74, 6) is 1.29. The van der Waals surface area contributed by atoms with E-state index in [1.807, 2.05) is 30.5 Å². The lowest BCUT2D eigenvalue weighted by Gasteiger charge is -2.16. The molecule has 0 fully saturated rings. The Kier molecular flexibility index (Phi) is 5.75. The molecule has 1 heterocycles. The van der Waals surface area contributed by atoms with Crippen LogP contribution in [0.3, 0.4) is 0 Å². The number of nitrogens with one attached hydrogen (secondary N) is 2. The van der Waals surface area contributed by atoms with Crippen molar-refractivity contribution in [2.75, 3.05) is 12.0 Å². The number of nitro benzene ring substituents is 1. The smallest absolute Gasteiger partial charge is 0.272 e. The van der Waals surface area contributed by atoms with Gasteiger partial charge < -0.3 is 10.3 Å². The summed E-state index contributed by atoms with van der Waals surface area (Å²) in [5, 5.41) is 14.0. The first-order valence-corrected chi connectivity index (χ1v) is 9.88. The highest BCUT2D eigenvalue weighted by Crippen LogP contribution is 2.22. The highest BCUT2D eigenvalue weighted by Gasteiger charge is 2.20. The van der Waals surface area contributed by atoms with E-state index in [9.17, 15) is 14.9 Å². The van der Waals surface area contributed by atoms with Gasteiger partial charge in [0.2, 0.25) is 0 Å². The van der Waals surface area contributed by atoms with Gasteiger partial charge in [-0.25, -0.2) is 4.98 Å². The Morgan fingerprint density at radius 1 is 1.33 bits per heavy atom.